The van der Waals surface area contributed by atoms with E-state index in [-0.39, 0.29) is 0 Å². The highest BCUT2D eigenvalue weighted by molar-refractivity contribution is 7.12. The molecule has 4 heteroatoms. The van der Waals surface area contributed by atoms with Gasteiger partial charge in [-0.3, -0.25) is 0 Å². The minimum absolute atomic E-state index is 0.439. The maximum absolute atomic E-state index is 11.5. The second kappa shape index (κ2) is 4.68. The van der Waals surface area contributed by atoms with Gasteiger partial charge in [0, 0.05) is 0 Å². The summed E-state index contributed by atoms with van der Waals surface area (Å²) in [6.45, 7) is 1.64. The molecule has 1 unspecified atom stereocenters. The van der Waals surface area contributed by atoms with E-state index in [2.05, 4.69) is 5.92 Å². The van der Waals surface area contributed by atoms with Crippen LogP contribution in [0.4, 0.5) is 0 Å². The monoisotopic (exact) mass is 210 g/mol. The number of hydrogen-bond donors (Lipinski definition) is 0. The number of esters is 1. The molecule has 0 N–H and O–H groups in total. The summed E-state index contributed by atoms with van der Waals surface area (Å²) in [5, 5.41) is 1.76. The van der Waals surface area contributed by atoms with E-state index in [0.29, 0.717) is 10.6 Å². The third-order valence-electron chi connectivity index (χ3n) is 1.55. The topological polar surface area (TPSA) is 35.5 Å². The van der Waals surface area contributed by atoms with Crippen LogP contribution in [-0.4, -0.2) is 19.2 Å². The minimum atomic E-state index is -0.519. The predicted molar refractivity (Wildman–Crippen MR) is 54.6 cm³/mol. The lowest BCUT2D eigenvalue weighted by Crippen LogP contribution is -2.12. The molecule has 0 amide bonds. The molecule has 0 saturated heterocycles. The molecule has 0 aromatic carbocycles. The van der Waals surface area contributed by atoms with Gasteiger partial charge in [0.2, 0.25) is 0 Å². The first kappa shape index (κ1) is 10.6. The van der Waals surface area contributed by atoms with Crippen LogP contribution in [0, 0.1) is 12.3 Å². The number of carbonyl (C=O) groups excluding carboxylic acids is 1. The highest BCUT2D eigenvalue weighted by atomic mass is 32.1. The molecule has 1 rings (SSSR count). The second-order valence-electron chi connectivity index (χ2n) is 2.53. The Morgan fingerprint density at radius 1 is 1.71 bits per heavy atom. The number of terminal acetylenes is 1. The Balaban J connectivity index is 2.75. The lowest BCUT2D eigenvalue weighted by atomic mass is 10.4. The molecule has 0 aliphatic heterocycles. The Labute approximate surface area is 86.6 Å². The molecule has 0 fully saturated rings. The Morgan fingerprint density at radius 2 is 2.43 bits per heavy atom. The summed E-state index contributed by atoms with van der Waals surface area (Å²) >= 11 is 1.27. The van der Waals surface area contributed by atoms with E-state index in [4.69, 9.17) is 15.9 Å². The van der Waals surface area contributed by atoms with E-state index in [9.17, 15) is 4.79 Å². The molecule has 1 aromatic rings. The van der Waals surface area contributed by atoms with Gasteiger partial charge in [0.05, 0.1) is 7.11 Å². The smallest absolute Gasteiger partial charge is 0.353 e. The van der Waals surface area contributed by atoms with Crippen molar-refractivity contribution in [3.05, 3.63) is 16.3 Å². The molecule has 1 aromatic heterocycles. The summed E-state index contributed by atoms with van der Waals surface area (Å²) in [5.41, 5.74) is 0. The van der Waals surface area contributed by atoms with Crippen molar-refractivity contribution in [2.24, 2.45) is 0 Å². The fourth-order valence-electron chi connectivity index (χ4n) is 0.855. The first-order valence-corrected chi connectivity index (χ1v) is 4.85. The number of ether oxygens (including phenoxy) is 2. The normalized spacial score (nSPS) is 11.5. The summed E-state index contributed by atoms with van der Waals surface area (Å²) in [6, 6.07) is 1.71. The van der Waals surface area contributed by atoms with Gasteiger partial charge in [-0.05, 0) is 18.4 Å². The maximum atomic E-state index is 11.5. The van der Waals surface area contributed by atoms with E-state index in [1.807, 2.05) is 0 Å². The molecule has 14 heavy (non-hydrogen) atoms. The van der Waals surface area contributed by atoms with Gasteiger partial charge in [0.25, 0.3) is 0 Å². The summed E-state index contributed by atoms with van der Waals surface area (Å²) in [6.07, 6.45) is 4.57. The van der Waals surface area contributed by atoms with Crippen LogP contribution in [-0.2, 0) is 4.74 Å². The second-order valence-corrected chi connectivity index (χ2v) is 3.45. The Bertz CT molecular complexity index is 362. The highest BCUT2D eigenvalue weighted by Crippen LogP contribution is 2.25. The minimum Gasteiger partial charge on any atom is -0.495 e. The third-order valence-corrected chi connectivity index (χ3v) is 2.43. The van der Waals surface area contributed by atoms with Crippen molar-refractivity contribution < 1.29 is 14.3 Å². The molecular formula is C10H10O3S. The fraction of sp³-hybridized carbons (Fsp3) is 0.300. The molecule has 0 spiro atoms. The Hall–Kier alpha value is -1.47. The van der Waals surface area contributed by atoms with Crippen molar-refractivity contribution in [3.63, 3.8) is 0 Å². The molecular weight excluding hydrogens is 200 g/mol. The average molecular weight is 210 g/mol. The SMILES string of the molecule is C#CC(C)OC(=O)c1sccc1OC. The van der Waals surface area contributed by atoms with Crippen LogP contribution in [0.15, 0.2) is 11.4 Å². The molecule has 74 valence electrons. The standard InChI is InChI=1S/C10H10O3S/c1-4-7(2)13-10(11)9-8(12-3)5-6-14-9/h1,5-7H,2-3H3. The molecule has 0 radical (unpaired) electrons. The molecule has 1 heterocycles. The van der Waals surface area contributed by atoms with Crippen LogP contribution in [0.5, 0.6) is 5.75 Å². The van der Waals surface area contributed by atoms with E-state index in [1.54, 1.807) is 18.4 Å². The number of hydrogen-bond acceptors (Lipinski definition) is 4. The third kappa shape index (κ3) is 2.27. The van der Waals surface area contributed by atoms with Gasteiger partial charge in [-0.1, -0.05) is 5.92 Å². The van der Waals surface area contributed by atoms with Gasteiger partial charge in [-0.2, -0.15) is 0 Å². The molecule has 0 bridgehead atoms. The average Bonchev–Trinajstić information content (AvgIpc) is 2.65. The van der Waals surface area contributed by atoms with Crippen molar-refractivity contribution in [2.45, 2.75) is 13.0 Å². The van der Waals surface area contributed by atoms with E-state index in [0.717, 1.165) is 0 Å². The van der Waals surface area contributed by atoms with Crippen molar-refractivity contribution >= 4 is 17.3 Å². The largest absolute Gasteiger partial charge is 0.495 e. The molecule has 0 aliphatic carbocycles. The van der Waals surface area contributed by atoms with Crippen LogP contribution >= 0.6 is 11.3 Å². The lowest BCUT2D eigenvalue weighted by molar-refractivity contribution is 0.0441. The lowest BCUT2D eigenvalue weighted by Gasteiger charge is -2.06. The Morgan fingerprint density at radius 3 is 3.00 bits per heavy atom. The highest BCUT2D eigenvalue weighted by Gasteiger charge is 2.16. The van der Waals surface area contributed by atoms with Crippen molar-refractivity contribution in [3.8, 4) is 18.1 Å². The van der Waals surface area contributed by atoms with Crippen LogP contribution < -0.4 is 4.74 Å². The zero-order chi connectivity index (χ0) is 10.6. The first-order chi connectivity index (χ1) is 6.69. The van der Waals surface area contributed by atoms with Gasteiger partial charge >= 0.3 is 5.97 Å². The number of carbonyl (C=O) groups is 1. The van der Waals surface area contributed by atoms with E-state index >= 15 is 0 Å². The molecule has 0 aliphatic rings. The van der Waals surface area contributed by atoms with Gasteiger partial charge in [0.1, 0.15) is 5.75 Å². The summed E-state index contributed by atoms with van der Waals surface area (Å²) in [7, 11) is 1.50. The van der Waals surface area contributed by atoms with Crippen LogP contribution in [0.3, 0.4) is 0 Å². The van der Waals surface area contributed by atoms with Gasteiger partial charge in [-0.25, -0.2) is 4.79 Å². The van der Waals surface area contributed by atoms with Crippen molar-refractivity contribution in [1.29, 1.82) is 0 Å². The van der Waals surface area contributed by atoms with Gasteiger partial charge in [0.15, 0.2) is 11.0 Å². The first-order valence-electron chi connectivity index (χ1n) is 3.97. The zero-order valence-electron chi connectivity index (χ0n) is 7.94. The predicted octanol–water partition coefficient (Wildman–Crippen LogP) is 1.94. The number of methoxy groups -OCH3 is 1. The molecule has 1 atom stereocenters. The molecule has 0 saturated carbocycles. The summed E-state index contributed by atoms with van der Waals surface area (Å²) in [5.74, 6) is 2.39. The zero-order valence-corrected chi connectivity index (χ0v) is 8.76. The van der Waals surface area contributed by atoms with Crippen LogP contribution in [0.25, 0.3) is 0 Å². The van der Waals surface area contributed by atoms with Gasteiger partial charge in [-0.15, -0.1) is 17.8 Å². The Kier molecular flexibility index (Phi) is 3.55. The van der Waals surface area contributed by atoms with Crippen LogP contribution in [0.1, 0.15) is 16.6 Å². The molecule has 3 nitrogen and oxygen atoms in total. The van der Waals surface area contributed by atoms with E-state index in [1.165, 1.54) is 18.4 Å². The van der Waals surface area contributed by atoms with Crippen LogP contribution in [0.2, 0.25) is 0 Å². The summed E-state index contributed by atoms with van der Waals surface area (Å²) < 4.78 is 9.92. The summed E-state index contributed by atoms with van der Waals surface area (Å²) in [4.78, 5) is 11.9. The fourth-order valence-corrected chi connectivity index (χ4v) is 1.59. The van der Waals surface area contributed by atoms with Crippen molar-refractivity contribution in [1.82, 2.24) is 0 Å². The number of thiophene rings is 1. The van der Waals surface area contributed by atoms with Gasteiger partial charge < -0.3 is 9.47 Å². The van der Waals surface area contributed by atoms with Crippen molar-refractivity contribution in [2.75, 3.05) is 7.11 Å². The van der Waals surface area contributed by atoms with E-state index < -0.39 is 12.1 Å². The number of rotatable bonds is 3. The maximum Gasteiger partial charge on any atom is 0.353 e. The quantitative estimate of drug-likeness (QED) is 0.565.